The minimum Gasteiger partial charge on any atom is -0.382 e. The largest absolute Gasteiger partial charge is 0.416 e. The molecule has 10 heteroatoms. The fourth-order valence-corrected chi connectivity index (χ4v) is 2.22. The molecule has 0 saturated heterocycles. The number of urea groups is 1. The lowest BCUT2D eigenvalue weighted by Crippen LogP contribution is -2.45. The maximum absolute atomic E-state index is 13.3. The third-order valence-corrected chi connectivity index (χ3v) is 3.63. The number of nitrogens with one attached hydrogen (secondary N) is 1. The maximum atomic E-state index is 13.3. The molecule has 0 spiro atoms. The molecule has 27 heavy (non-hydrogen) atoms. The minimum absolute atomic E-state index is 0.0283. The van der Waals surface area contributed by atoms with Crippen molar-refractivity contribution >= 4 is 11.8 Å². The summed E-state index contributed by atoms with van der Waals surface area (Å²) in [7, 11) is 0. The third-order valence-electron chi connectivity index (χ3n) is 3.63. The number of aliphatic hydroxyl groups excluding tert-OH is 1. The number of pyridine rings is 1. The van der Waals surface area contributed by atoms with Gasteiger partial charge in [0.15, 0.2) is 6.10 Å². The van der Waals surface area contributed by atoms with Crippen LogP contribution < -0.4 is 5.32 Å². The summed E-state index contributed by atoms with van der Waals surface area (Å²) in [6.45, 7) is 0.462. The Balaban J connectivity index is 2.07. The van der Waals surface area contributed by atoms with Crippen molar-refractivity contribution in [1.82, 2.24) is 9.88 Å². The van der Waals surface area contributed by atoms with E-state index >= 15 is 0 Å². The number of hydrogen-bond acceptors (Lipinski definition) is 3. The average Bonchev–Trinajstić information content (AvgIpc) is 2.58. The predicted octanol–water partition coefficient (Wildman–Crippen LogP) is 3.80. The zero-order chi connectivity index (χ0) is 20.2. The molecule has 0 fully saturated rings. The van der Waals surface area contributed by atoms with Gasteiger partial charge in [0.1, 0.15) is 17.5 Å². The summed E-state index contributed by atoms with van der Waals surface area (Å²) in [4.78, 5) is 16.7. The van der Waals surface area contributed by atoms with Gasteiger partial charge in [-0.2, -0.15) is 13.2 Å². The molecule has 0 aliphatic carbocycles. The van der Waals surface area contributed by atoms with Gasteiger partial charge in [-0.1, -0.05) is 0 Å². The topological polar surface area (TPSA) is 65.5 Å². The zero-order valence-corrected chi connectivity index (χ0v) is 14.1. The second kappa shape index (κ2) is 8.30. The van der Waals surface area contributed by atoms with Crippen molar-refractivity contribution in [3.8, 4) is 11.1 Å². The normalized spacial score (nSPS) is 12.6. The van der Waals surface area contributed by atoms with Gasteiger partial charge in [0, 0.05) is 24.4 Å². The van der Waals surface area contributed by atoms with E-state index < -0.39 is 36.5 Å². The predicted molar refractivity (Wildman–Crippen MR) is 87.9 cm³/mol. The van der Waals surface area contributed by atoms with Crippen molar-refractivity contribution in [2.75, 3.05) is 18.4 Å². The Morgan fingerprint density at radius 1 is 1.19 bits per heavy atom. The highest BCUT2D eigenvalue weighted by atomic mass is 19.4. The zero-order valence-electron chi connectivity index (χ0n) is 14.1. The second-order valence-electron chi connectivity index (χ2n) is 5.62. The van der Waals surface area contributed by atoms with Gasteiger partial charge >= 0.3 is 12.2 Å². The van der Waals surface area contributed by atoms with Gasteiger partial charge in [0.2, 0.25) is 0 Å². The molecule has 1 aromatic heterocycles. The molecule has 0 radical (unpaired) electrons. The summed E-state index contributed by atoms with van der Waals surface area (Å²) >= 11 is 0. The van der Waals surface area contributed by atoms with Crippen molar-refractivity contribution in [2.45, 2.75) is 19.2 Å². The van der Waals surface area contributed by atoms with Crippen LogP contribution in [0.5, 0.6) is 0 Å². The van der Waals surface area contributed by atoms with Crippen molar-refractivity contribution in [3.63, 3.8) is 0 Å². The summed E-state index contributed by atoms with van der Waals surface area (Å²) < 4.78 is 63.8. The summed E-state index contributed by atoms with van der Waals surface area (Å²) in [5.41, 5.74) is 0.618. The Kier molecular flexibility index (Phi) is 6.32. The monoisotopic (exact) mass is 389 g/mol. The van der Waals surface area contributed by atoms with E-state index in [0.29, 0.717) is 5.56 Å². The molecule has 5 nitrogen and oxygen atoms in total. The summed E-state index contributed by atoms with van der Waals surface area (Å²) in [6.07, 6.45) is -6.25. The van der Waals surface area contributed by atoms with Crippen LogP contribution in [0.1, 0.15) is 6.92 Å². The Hall–Kier alpha value is -2.75. The SMILES string of the molecule is CCN(C[C@@H](O)C(F)(F)F)C(=O)Nc1ccc(-c2cc(F)cc(F)c2)cn1. The number of hydrogen-bond donors (Lipinski definition) is 2. The van der Waals surface area contributed by atoms with Gasteiger partial charge in [-0.15, -0.1) is 0 Å². The number of aliphatic hydroxyl groups is 1. The Morgan fingerprint density at radius 3 is 2.30 bits per heavy atom. The second-order valence-corrected chi connectivity index (χ2v) is 5.62. The number of aromatic nitrogens is 1. The summed E-state index contributed by atoms with van der Waals surface area (Å²) in [5, 5.41) is 11.4. The summed E-state index contributed by atoms with van der Waals surface area (Å²) in [5.74, 6) is -1.49. The van der Waals surface area contributed by atoms with Crippen LogP contribution in [0.2, 0.25) is 0 Å². The highest BCUT2D eigenvalue weighted by molar-refractivity contribution is 5.88. The van der Waals surface area contributed by atoms with Crippen LogP contribution in [-0.2, 0) is 0 Å². The van der Waals surface area contributed by atoms with E-state index in [-0.39, 0.29) is 17.9 Å². The lowest BCUT2D eigenvalue weighted by Gasteiger charge is -2.25. The average molecular weight is 389 g/mol. The van der Waals surface area contributed by atoms with Gasteiger partial charge in [-0.3, -0.25) is 5.32 Å². The first-order valence-electron chi connectivity index (χ1n) is 7.83. The highest BCUT2D eigenvalue weighted by Gasteiger charge is 2.39. The van der Waals surface area contributed by atoms with E-state index in [4.69, 9.17) is 5.11 Å². The molecule has 2 rings (SSSR count). The van der Waals surface area contributed by atoms with Gasteiger partial charge < -0.3 is 10.0 Å². The number of carbonyl (C=O) groups is 1. The van der Waals surface area contributed by atoms with E-state index in [9.17, 15) is 26.7 Å². The van der Waals surface area contributed by atoms with Crippen LogP contribution in [0.25, 0.3) is 11.1 Å². The third kappa shape index (κ3) is 5.61. The molecule has 0 bridgehead atoms. The molecule has 0 aliphatic rings. The van der Waals surface area contributed by atoms with Crippen LogP contribution in [0.4, 0.5) is 32.6 Å². The number of benzene rings is 1. The molecule has 2 N–H and O–H groups in total. The summed E-state index contributed by atoms with van der Waals surface area (Å²) in [6, 6.07) is 4.84. The molecule has 1 aromatic carbocycles. The molecule has 2 amide bonds. The molecule has 146 valence electrons. The van der Waals surface area contributed by atoms with Crippen LogP contribution >= 0.6 is 0 Å². The van der Waals surface area contributed by atoms with Crippen molar-refractivity contribution in [1.29, 1.82) is 0 Å². The standard InChI is InChI=1S/C17H16F5N3O2/c1-2-25(9-14(26)17(20,21)22)16(27)24-15-4-3-10(8-23-15)11-5-12(18)7-13(19)6-11/h3-8,14,26H,2,9H2,1H3,(H,23,24,27)/t14-/m1/s1. The smallest absolute Gasteiger partial charge is 0.382 e. The number of likely N-dealkylation sites (N-methyl/N-ethyl adjacent to an activating group) is 1. The van der Waals surface area contributed by atoms with Crippen molar-refractivity contribution < 1.29 is 31.9 Å². The number of amides is 2. The molecule has 2 aromatic rings. The van der Waals surface area contributed by atoms with Crippen LogP contribution in [0, 0.1) is 11.6 Å². The van der Waals surface area contributed by atoms with E-state index in [0.717, 1.165) is 23.1 Å². The van der Waals surface area contributed by atoms with E-state index in [1.54, 1.807) is 0 Å². The van der Waals surface area contributed by atoms with Crippen molar-refractivity contribution in [3.05, 3.63) is 48.2 Å². The Labute approximate surface area is 151 Å². The quantitative estimate of drug-likeness (QED) is 0.765. The van der Waals surface area contributed by atoms with Gasteiger partial charge in [0.05, 0.1) is 6.54 Å². The van der Waals surface area contributed by atoms with Crippen LogP contribution in [0.15, 0.2) is 36.5 Å². The number of alkyl halides is 3. The fraction of sp³-hybridized carbons (Fsp3) is 0.294. The van der Waals surface area contributed by atoms with E-state index in [1.165, 1.54) is 25.3 Å². The molecule has 0 aliphatic heterocycles. The molecule has 1 heterocycles. The van der Waals surface area contributed by atoms with Crippen LogP contribution in [-0.4, -0.2) is 46.4 Å². The molecule has 0 unspecified atom stereocenters. The first-order valence-corrected chi connectivity index (χ1v) is 7.83. The van der Waals surface area contributed by atoms with E-state index in [1.807, 2.05) is 0 Å². The highest BCUT2D eigenvalue weighted by Crippen LogP contribution is 2.23. The van der Waals surface area contributed by atoms with Gasteiger partial charge in [0.25, 0.3) is 0 Å². The number of anilines is 1. The maximum Gasteiger partial charge on any atom is 0.416 e. The first kappa shape index (κ1) is 20.6. The Bertz CT molecular complexity index is 776. The molecular weight excluding hydrogens is 373 g/mol. The lowest BCUT2D eigenvalue weighted by atomic mass is 10.1. The number of halogens is 5. The Morgan fingerprint density at radius 2 is 1.81 bits per heavy atom. The van der Waals surface area contributed by atoms with E-state index in [2.05, 4.69) is 10.3 Å². The molecule has 0 saturated carbocycles. The lowest BCUT2D eigenvalue weighted by molar-refractivity contribution is -0.206. The van der Waals surface area contributed by atoms with Gasteiger partial charge in [-0.25, -0.2) is 18.6 Å². The van der Waals surface area contributed by atoms with Crippen LogP contribution in [0.3, 0.4) is 0 Å². The molecular formula is C17H16F5N3O2. The molecule has 1 atom stereocenters. The minimum atomic E-state index is -4.84. The number of nitrogens with zero attached hydrogens (tertiary/aromatic N) is 2. The van der Waals surface area contributed by atoms with Gasteiger partial charge in [-0.05, 0) is 36.8 Å². The number of rotatable bonds is 5. The fourth-order valence-electron chi connectivity index (χ4n) is 2.22. The number of carbonyl (C=O) groups excluding carboxylic acids is 1. The first-order chi connectivity index (χ1) is 12.6. The van der Waals surface area contributed by atoms with Crippen molar-refractivity contribution in [2.24, 2.45) is 0 Å².